The van der Waals surface area contributed by atoms with E-state index in [2.05, 4.69) is 21.2 Å². The monoisotopic (exact) mass is 389 g/mol. The second-order valence-electron chi connectivity index (χ2n) is 5.64. The molecule has 2 aromatic rings. The number of amides is 1. The van der Waals surface area contributed by atoms with Crippen LogP contribution in [0, 0.1) is 0 Å². The topological polar surface area (TPSA) is 55.4 Å². The lowest BCUT2D eigenvalue weighted by Crippen LogP contribution is -2.30. The molecule has 1 amide bonds. The van der Waals surface area contributed by atoms with E-state index in [4.69, 9.17) is 4.74 Å². The van der Waals surface area contributed by atoms with Gasteiger partial charge in [-0.25, -0.2) is 0 Å². The van der Waals surface area contributed by atoms with Crippen LogP contribution in [0.15, 0.2) is 59.1 Å². The van der Waals surface area contributed by atoms with Gasteiger partial charge in [-0.2, -0.15) is 0 Å². The van der Waals surface area contributed by atoms with Crippen molar-refractivity contribution < 1.29 is 14.3 Å². The molecule has 0 aliphatic heterocycles. The quantitative estimate of drug-likeness (QED) is 0.739. The molecule has 1 N–H and O–H groups in total. The molecule has 0 radical (unpaired) electrons. The highest BCUT2D eigenvalue weighted by Crippen LogP contribution is 2.19. The van der Waals surface area contributed by atoms with Gasteiger partial charge in [0.25, 0.3) is 5.91 Å². The van der Waals surface area contributed by atoms with Gasteiger partial charge in [-0.3, -0.25) is 9.59 Å². The van der Waals surface area contributed by atoms with Crippen molar-refractivity contribution in [2.75, 3.05) is 5.32 Å². The molecule has 0 saturated heterocycles. The van der Waals surface area contributed by atoms with Gasteiger partial charge in [-0.15, -0.1) is 0 Å². The standard InChI is InChI=1S/C19H20BrNO3/c1-13(15-6-4-3-5-7-15)12-18(22)24-14(2)19(23)21-17-10-8-16(20)9-11-17/h3-11,13-14H,12H2,1-2H3,(H,21,23)/t13-,14-/m1/s1. The molecule has 0 saturated carbocycles. The van der Waals surface area contributed by atoms with Crippen molar-refractivity contribution in [3.05, 3.63) is 64.6 Å². The Morgan fingerprint density at radius 3 is 2.29 bits per heavy atom. The Hall–Kier alpha value is -2.14. The number of benzene rings is 2. The fourth-order valence-electron chi connectivity index (χ4n) is 2.23. The van der Waals surface area contributed by atoms with Crippen LogP contribution in [0.2, 0.25) is 0 Å². The van der Waals surface area contributed by atoms with E-state index in [-0.39, 0.29) is 24.2 Å². The maximum atomic E-state index is 12.1. The predicted octanol–water partition coefficient (Wildman–Crippen LogP) is 4.51. The molecule has 4 nitrogen and oxygen atoms in total. The van der Waals surface area contributed by atoms with Crippen LogP contribution in [0.4, 0.5) is 5.69 Å². The van der Waals surface area contributed by atoms with E-state index in [1.165, 1.54) is 0 Å². The number of nitrogens with one attached hydrogen (secondary N) is 1. The minimum absolute atomic E-state index is 0.0421. The maximum Gasteiger partial charge on any atom is 0.307 e. The molecule has 0 heterocycles. The fourth-order valence-corrected chi connectivity index (χ4v) is 2.49. The van der Waals surface area contributed by atoms with Gasteiger partial charge in [0.15, 0.2) is 6.10 Å². The summed E-state index contributed by atoms with van der Waals surface area (Å²) in [5.41, 5.74) is 1.73. The van der Waals surface area contributed by atoms with Crippen molar-refractivity contribution in [3.63, 3.8) is 0 Å². The van der Waals surface area contributed by atoms with Gasteiger partial charge in [0.2, 0.25) is 0 Å². The number of esters is 1. The van der Waals surface area contributed by atoms with E-state index in [1.807, 2.05) is 49.4 Å². The number of halogens is 1. The van der Waals surface area contributed by atoms with Crippen LogP contribution in [-0.2, 0) is 14.3 Å². The van der Waals surface area contributed by atoms with Gasteiger partial charge in [-0.05, 0) is 42.7 Å². The highest BCUT2D eigenvalue weighted by molar-refractivity contribution is 9.10. The number of carbonyl (C=O) groups is 2. The molecule has 24 heavy (non-hydrogen) atoms. The first-order chi connectivity index (χ1) is 11.5. The normalized spacial score (nSPS) is 13.0. The maximum absolute atomic E-state index is 12.1. The average molecular weight is 390 g/mol. The van der Waals surface area contributed by atoms with Crippen molar-refractivity contribution in [1.29, 1.82) is 0 Å². The van der Waals surface area contributed by atoms with Crippen LogP contribution < -0.4 is 5.32 Å². The Bertz CT molecular complexity index is 686. The van der Waals surface area contributed by atoms with Gasteiger partial charge < -0.3 is 10.1 Å². The second kappa shape index (κ2) is 8.64. The van der Waals surface area contributed by atoms with Gasteiger partial charge >= 0.3 is 5.97 Å². The second-order valence-corrected chi connectivity index (χ2v) is 6.56. The number of anilines is 1. The molecule has 0 aliphatic carbocycles. The van der Waals surface area contributed by atoms with Crippen molar-refractivity contribution in [3.8, 4) is 0 Å². The predicted molar refractivity (Wildman–Crippen MR) is 97.8 cm³/mol. The van der Waals surface area contributed by atoms with Gasteiger partial charge in [0, 0.05) is 10.2 Å². The Balaban J connectivity index is 1.84. The zero-order valence-electron chi connectivity index (χ0n) is 13.7. The molecule has 0 aromatic heterocycles. The minimum atomic E-state index is -0.843. The lowest BCUT2D eigenvalue weighted by Gasteiger charge is -2.16. The van der Waals surface area contributed by atoms with Gasteiger partial charge in [0.1, 0.15) is 0 Å². The highest BCUT2D eigenvalue weighted by atomic mass is 79.9. The van der Waals surface area contributed by atoms with E-state index >= 15 is 0 Å². The molecule has 0 bridgehead atoms. The first kappa shape index (κ1) is 18.2. The van der Waals surface area contributed by atoms with Gasteiger partial charge in [-0.1, -0.05) is 53.2 Å². The average Bonchev–Trinajstić information content (AvgIpc) is 2.57. The number of carbonyl (C=O) groups excluding carboxylic acids is 2. The first-order valence-corrected chi connectivity index (χ1v) is 8.56. The number of ether oxygens (including phenoxy) is 1. The van der Waals surface area contributed by atoms with E-state index in [9.17, 15) is 9.59 Å². The van der Waals surface area contributed by atoms with Crippen molar-refractivity contribution >= 4 is 33.5 Å². The molecule has 126 valence electrons. The van der Waals surface area contributed by atoms with Crippen molar-refractivity contribution in [1.82, 2.24) is 0 Å². The van der Waals surface area contributed by atoms with Crippen LogP contribution in [0.5, 0.6) is 0 Å². The van der Waals surface area contributed by atoms with Crippen molar-refractivity contribution in [2.45, 2.75) is 32.3 Å². The molecular weight excluding hydrogens is 370 g/mol. The zero-order valence-corrected chi connectivity index (χ0v) is 15.2. The summed E-state index contributed by atoms with van der Waals surface area (Å²) in [4.78, 5) is 24.1. The Kier molecular flexibility index (Phi) is 6.55. The number of rotatable bonds is 6. The number of hydrogen-bond donors (Lipinski definition) is 1. The van der Waals surface area contributed by atoms with E-state index in [0.717, 1.165) is 10.0 Å². The summed E-state index contributed by atoms with van der Waals surface area (Å²) < 4.78 is 6.17. The van der Waals surface area contributed by atoms with E-state index in [0.29, 0.717) is 5.69 Å². The largest absolute Gasteiger partial charge is 0.453 e. The first-order valence-electron chi connectivity index (χ1n) is 7.76. The third-order valence-corrected chi connectivity index (χ3v) is 4.16. The summed E-state index contributed by atoms with van der Waals surface area (Å²) in [5, 5.41) is 2.72. The molecule has 0 spiro atoms. The summed E-state index contributed by atoms with van der Waals surface area (Å²) >= 11 is 3.33. The third-order valence-electron chi connectivity index (χ3n) is 3.63. The van der Waals surface area contributed by atoms with E-state index in [1.54, 1.807) is 19.1 Å². The molecule has 5 heteroatoms. The van der Waals surface area contributed by atoms with Crippen LogP contribution in [-0.4, -0.2) is 18.0 Å². The van der Waals surface area contributed by atoms with Gasteiger partial charge in [0.05, 0.1) is 6.42 Å². The minimum Gasteiger partial charge on any atom is -0.453 e. The van der Waals surface area contributed by atoms with Crippen LogP contribution in [0.25, 0.3) is 0 Å². The van der Waals surface area contributed by atoms with Crippen LogP contribution in [0.3, 0.4) is 0 Å². The Labute approximate surface area is 150 Å². The molecule has 2 rings (SSSR count). The summed E-state index contributed by atoms with van der Waals surface area (Å²) in [6.07, 6.45) is -0.607. The van der Waals surface area contributed by atoms with Crippen LogP contribution in [0.1, 0.15) is 31.7 Å². The smallest absolute Gasteiger partial charge is 0.307 e. The summed E-state index contributed by atoms with van der Waals surface area (Å²) in [5.74, 6) is -0.691. The molecule has 0 aliphatic rings. The summed E-state index contributed by atoms with van der Waals surface area (Å²) in [6.45, 7) is 3.53. The van der Waals surface area contributed by atoms with E-state index < -0.39 is 6.10 Å². The summed E-state index contributed by atoms with van der Waals surface area (Å²) in [7, 11) is 0. The third kappa shape index (κ3) is 5.49. The fraction of sp³-hybridized carbons (Fsp3) is 0.263. The molecule has 2 aromatic carbocycles. The van der Waals surface area contributed by atoms with Crippen molar-refractivity contribution in [2.24, 2.45) is 0 Å². The Morgan fingerprint density at radius 1 is 1.04 bits per heavy atom. The molecule has 0 unspecified atom stereocenters. The van der Waals surface area contributed by atoms with Crippen LogP contribution >= 0.6 is 15.9 Å². The lowest BCUT2D eigenvalue weighted by atomic mass is 9.98. The lowest BCUT2D eigenvalue weighted by molar-refractivity contribution is -0.153. The molecular formula is C19H20BrNO3. The zero-order chi connectivity index (χ0) is 17.5. The molecule has 0 fully saturated rings. The summed E-state index contributed by atoms with van der Waals surface area (Å²) in [6, 6.07) is 17.0. The Morgan fingerprint density at radius 2 is 1.67 bits per heavy atom. The molecule has 2 atom stereocenters. The SMILES string of the molecule is C[C@H](CC(=O)O[C@H](C)C(=O)Nc1ccc(Br)cc1)c1ccccc1. The highest BCUT2D eigenvalue weighted by Gasteiger charge is 2.20. The number of hydrogen-bond acceptors (Lipinski definition) is 3.